The molecule has 2 aromatic rings. The Labute approximate surface area is 171 Å². The van der Waals surface area contributed by atoms with Crippen LogP contribution in [-0.2, 0) is 15.7 Å². The van der Waals surface area contributed by atoms with Gasteiger partial charge < -0.3 is 14.4 Å². The minimum Gasteiger partial charge on any atom is -0.484 e. The van der Waals surface area contributed by atoms with Crippen LogP contribution in [0.4, 0.5) is 13.2 Å². The molecular weight excluding hydrogens is 397 g/mol. The molecule has 3 rings (SSSR count). The molecule has 1 aliphatic heterocycles. The minimum absolute atomic E-state index is 0.0792. The molecule has 156 valence electrons. The van der Waals surface area contributed by atoms with Gasteiger partial charge in [-0.3, -0.25) is 4.79 Å². The fourth-order valence-corrected chi connectivity index (χ4v) is 2.89. The van der Waals surface area contributed by atoms with Crippen molar-refractivity contribution in [3.63, 3.8) is 0 Å². The number of hydrogen-bond donors (Lipinski definition) is 0. The summed E-state index contributed by atoms with van der Waals surface area (Å²) in [5.41, 5.74) is 0.539. The average Bonchev–Trinajstić information content (AvgIpc) is 2.76. The molecule has 0 unspecified atom stereocenters. The summed E-state index contributed by atoms with van der Waals surface area (Å²) in [4.78, 5) is 13.8. The minimum atomic E-state index is -4.42. The van der Waals surface area contributed by atoms with Gasteiger partial charge in [0.15, 0.2) is 6.61 Å². The summed E-state index contributed by atoms with van der Waals surface area (Å²) in [7, 11) is 0. The van der Waals surface area contributed by atoms with Gasteiger partial charge in [-0.1, -0.05) is 24.3 Å². The van der Waals surface area contributed by atoms with Gasteiger partial charge in [-0.15, -0.1) is 0 Å². The van der Waals surface area contributed by atoms with Gasteiger partial charge >= 0.3 is 6.18 Å². The lowest BCUT2D eigenvalue weighted by molar-refractivity contribution is -0.138. The summed E-state index contributed by atoms with van der Waals surface area (Å²) in [6.07, 6.45) is -2.85. The standard InChI is InChI=1S/C22H19F3N2O3/c23-22(24,25)19-5-3-17(4-6-19)18(14-26)13-16-1-7-20(8-2-16)30-15-21(28)27-9-11-29-12-10-27/h1-8,13H,9-12,15H2/b18-13-. The Hall–Kier alpha value is -3.31. The first-order chi connectivity index (χ1) is 14.4. The van der Waals surface area contributed by atoms with Gasteiger partial charge in [-0.2, -0.15) is 18.4 Å². The van der Waals surface area contributed by atoms with Gasteiger partial charge in [0.2, 0.25) is 0 Å². The zero-order valence-corrected chi connectivity index (χ0v) is 16.0. The number of halogens is 3. The molecule has 0 saturated carbocycles. The van der Waals surface area contributed by atoms with Crippen molar-refractivity contribution in [1.29, 1.82) is 5.26 Å². The molecule has 1 amide bonds. The summed E-state index contributed by atoms with van der Waals surface area (Å²) in [5.74, 6) is 0.387. The SMILES string of the molecule is N#C/C(=C/c1ccc(OCC(=O)N2CCOCC2)cc1)c1ccc(C(F)(F)F)cc1. The van der Waals surface area contributed by atoms with Crippen LogP contribution in [-0.4, -0.2) is 43.7 Å². The molecule has 1 fully saturated rings. The number of nitrogens with zero attached hydrogens (tertiary/aromatic N) is 2. The van der Waals surface area contributed by atoms with Crippen molar-refractivity contribution < 1.29 is 27.4 Å². The third-order valence-corrected chi connectivity index (χ3v) is 4.56. The number of nitriles is 1. The van der Waals surface area contributed by atoms with Gasteiger partial charge in [0.25, 0.3) is 5.91 Å². The molecule has 8 heteroatoms. The average molecular weight is 416 g/mol. The van der Waals surface area contributed by atoms with Crippen molar-refractivity contribution >= 4 is 17.6 Å². The number of rotatable bonds is 5. The number of hydrogen-bond acceptors (Lipinski definition) is 4. The van der Waals surface area contributed by atoms with Crippen LogP contribution in [0.25, 0.3) is 11.6 Å². The number of amides is 1. The highest BCUT2D eigenvalue weighted by molar-refractivity contribution is 5.89. The first-order valence-electron chi connectivity index (χ1n) is 9.24. The summed E-state index contributed by atoms with van der Waals surface area (Å²) in [6.45, 7) is 2.06. The second-order valence-electron chi connectivity index (χ2n) is 6.60. The quantitative estimate of drug-likeness (QED) is 0.546. The molecule has 1 heterocycles. The number of morpholine rings is 1. The maximum atomic E-state index is 12.7. The molecule has 1 saturated heterocycles. The highest BCUT2D eigenvalue weighted by Gasteiger charge is 2.30. The lowest BCUT2D eigenvalue weighted by atomic mass is 10.0. The van der Waals surface area contributed by atoms with E-state index in [0.717, 1.165) is 12.1 Å². The van der Waals surface area contributed by atoms with Crippen LogP contribution in [0.1, 0.15) is 16.7 Å². The van der Waals surface area contributed by atoms with Gasteiger partial charge in [0.1, 0.15) is 5.75 Å². The third kappa shape index (κ3) is 5.61. The first kappa shape index (κ1) is 21.4. The number of carbonyl (C=O) groups is 1. The van der Waals surface area contributed by atoms with Crippen molar-refractivity contribution in [1.82, 2.24) is 4.90 Å². The highest BCUT2D eigenvalue weighted by atomic mass is 19.4. The Kier molecular flexibility index (Phi) is 6.75. The topological polar surface area (TPSA) is 62.6 Å². The van der Waals surface area contributed by atoms with Crippen LogP contribution < -0.4 is 4.74 Å². The third-order valence-electron chi connectivity index (χ3n) is 4.56. The monoisotopic (exact) mass is 416 g/mol. The molecule has 0 atom stereocenters. The van der Waals surface area contributed by atoms with E-state index in [0.29, 0.717) is 43.2 Å². The normalized spacial score (nSPS) is 14.9. The smallest absolute Gasteiger partial charge is 0.416 e. The zero-order chi connectivity index (χ0) is 21.6. The second kappa shape index (κ2) is 9.46. The highest BCUT2D eigenvalue weighted by Crippen LogP contribution is 2.30. The van der Waals surface area contributed by atoms with Crippen LogP contribution in [0, 0.1) is 11.3 Å². The maximum absolute atomic E-state index is 12.7. The number of ether oxygens (including phenoxy) is 2. The lowest BCUT2D eigenvalue weighted by Gasteiger charge is -2.26. The molecule has 0 radical (unpaired) electrons. The van der Waals surface area contributed by atoms with Crippen LogP contribution >= 0.6 is 0 Å². The van der Waals surface area contributed by atoms with E-state index < -0.39 is 11.7 Å². The van der Waals surface area contributed by atoms with Crippen LogP contribution in [0.15, 0.2) is 48.5 Å². The van der Waals surface area contributed by atoms with E-state index in [9.17, 15) is 23.2 Å². The Morgan fingerprint density at radius 2 is 1.73 bits per heavy atom. The molecule has 0 N–H and O–H groups in total. The molecule has 2 aromatic carbocycles. The fourth-order valence-electron chi connectivity index (χ4n) is 2.89. The van der Waals surface area contributed by atoms with E-state index in [4.69, 9.17) is 9.47 Å². The zero-order valence-electron chi connectivity index (χ0n) is 16.0. The van der Waals surface area contributed by atoms with E-state index in [-0.39, 0.29) is 18.1 Å². The molecule has 0 spiro atoms. The Bertz CT molecular complexity index is 940. The van der Waals surface area contributed by atoms with Crippen LogP contribution in [0.2, 0.25) is 0 Å². The van der Waals surface area contributed by atoms with Crippen molar-refractivity contribution in [2.45, 2.75) is 6.18 Å². The van der Waals surface area contributed by atoms with Crippen LogP contribution in [0.5, 0.6) is 5.75 Å². The van der Waals surface area contributed by atoms with Crippen molar-refractivity contribution in [2.75, 3.05) is 32.9 Å². The number of carbonyl (C=O) groups excluding carboxylic acids is 1. The largest absolute Gasteiger partial charge is 0.484 e. The molecule has 30 heavy (non-hydrogen) atoms. The van der Waals surface area contributed by atoms with Crippen molar-refractivity contribution in [3.05, 3.63) is 65.2 Å². The Morgan fingerprint density at radius 3 is 2.30 bits per heavy atom. The number of alkyl halides is 3. The van der Waals surface area contributed by atoms with E-state index in [1.807, 2.05) is 6.07 Å². The number of allylic oxidation sites excluding steroid dienone is 1. The predicted octanol–water partition coefficient (Wildman–Crippen LogP) is 4.01. The molecule has 0 aromatic heterocycles. The van der Waals surface area contributed by atoms with E-state index >= 15 is 0 Å². The first-order valence-corrected chi connectivity index (χ1v) is 9.24. The van der Waals surface area contributed by atoms with Gasteiger partial charge in [-0.25, -0.2) is 0 Å². The lowest BCUT2D eigenvalue weighted by Crippen LogP contribution is -2.42. The van der Waals surface area contributed by atoms with E-state index in [2.05, 4.69) is 0 Å². The number of benzene rings is 2. The Balaban J connectivity index is 1.63. The molecule has 1 aliphatic rings. The molecular formula is C22H19F3N2O3. The van der Waals surface area contributed by atoms with Crippen molar-refractivity contribution in [2.24, 2.45) is 0 Å². The molecule has 0 bridgehead atoms. The van der Waals surface area contributed by atoms with Gasteiger partial charge in [0.05, 0.1) is 30.4 Å². The summed E-state index contributed by atoms with van der Waals surface area (Å²) < 4.78 is 48.8. The second-order valence-corrected chi connectivity index (χ2v) is 6.60. The van der Waals surface area contributed by atoms with Gasteiger partial charge in [-0.05, 0) is 41.5 Å². The summed E-state index contributed by atoms with van der Waals surface area (Å²) in [6, 6.07) is 13.2. The van der Waals surface area contributed by atoms with Gasteiger partial charge in [0, 0.05) is 13.1 Å². The van der Waals surface area contributed by atoms with E-state index in [1.165, 1.54) is 12.1 Å². The van der Waals surface area contributed by atoms with Crippen LogP contribution in [0.3, 0.4) is 0 Å². The summed E-state index contributed by atoms with van der Waals surface area (Å²) in [5, 5.41) is 9.38. The predicted molar refractivity (Wildman–Crippen MR) is 104 cm³/mol. The molecule has 5 nitrogen and oxygen atoms in total. The maximum Gasteiger partial charge on any atom is 0.416 e. The van der Waals surface area contributed by atoms with Crippen molar-refractivity contribution in [3.8, 4) is 11.8 Å². The fraction of sp³-hybridized carbons (Fsp3) is 0.273. The molecule has 0 aliphatic carbocycles. The van der Waals surface area contributed by atoms with E-state index in [1.54, 1.807) is 35.2 Å². The Morgan fingerprint density at radius 1 is 1.10 bits per heavy atom. The summed E-state index contributed by atoms with van der Waals surface area (Å²) >= 11 is 0.